The number of rotatable bonds is 5. The van der Waals surface area contributed by atoms with Gasteiger partial charge in [-0.15, -0.1) is 0 Å². The number of carboxylic acid groups (broad SMARTS) is 1. The number of aryl methyl sites for hydroxylation is 1. The summed E-state index contributed by atoms with van der Waals surface area (Å²) in [5, 5.41) is 14.1. The molecule has 0 amide bonds. The lowest BCUT2D eigenvalue weighted by Gasteiger charge is -2.26. The highest BCUT2D eigenvalue weighted by Crippen LogP contribution is 2.36. The van der Waals surface area contributed by atoms with E-state index in [1.165, 1.54) is 0 Å². The number of nitrogens with zero attached hydrogens (tertiary/aromatic N) is 2. The van der Waals surface area contributed by atoms with E-state index in [1.807, 2.05) is 33.8 Å². The molecule has 1 aliphatic rings. The van der Waals surface area contributed by atoms with Crippen LogP contribution in [0.25, 0.3) is 5.69 Å². The van der Waals surface area contributed by atoms with Gasteiger partial charge in [-0.1, -0.05) is 6.07 Å². The Morgan fingerprint density at radius 3 is 2.48 bits per heavy atom. The molecule has 0 aliphatic heterocycles. The van der Waals surface area contributed by atoms with E-state index in [2.05, 4.69) is 0 Å². The molecule has 7 nitrogen and oxygen atoms in total. The topological polar surface area (TPSA) is 90.7 Å². The quantitative estimate of drug-likeness (QED) is 0.533. The number of carboxylic acids is 1. The lowest BCUT2D eigenvalue weighted by atomic mass is 9.93. The van der Waals surface area contributed by atoms with Crippen LogP contribution in [0.1, 0.15) is 77.4 Å². The molecule has 33 heavy (non-hydrogen) atoms. The maximum Gasteiger partial charge on any atom is 0.338 e. The highest BCUT2D eigenvalue weighted by atomic mass is 16.6. The molecule has 7 heteroatoms. The van der Waals surface area contributed by atoms with Gasteiger partial charge in [-0.05, 0) is 89.4 Å². The van der Waals surface area contributed by atoms with Crippen molar-refractivity contribution in [3.05, 3.63) is 76.6 Å². The second-order valence-corrected chi connectivity index (χ2v) is 9.24. The molecule has 1 unspecified atom stereocenters. The van der Waals surface area contributed by atoms with Crippen molar-refractivity contribution in [3.63, 3.8) is 0 Å². The minimum absolute atomic E-state index is 0.209. The van der Waals surface area contributed by atoms with Crippen molar-refractivity contribution in [1.29, 1.82) is 0 Å². The fourth-order valence-corrected chi connectivity index (χ4v) is 4.07. The van der Waals surface area contributed by atoms with E-state index in [4.69, 9.17) is 14.6 Å². The predicted octanol–water partition coefficient (Wildman–Crippen LogP) is 5.29. The standard InChI is InChI=1S/C26H28N2O5/c1-16-21-9-6-10-22(23(21)28(27-16)19-8-5-7-18(15-19)24(29)30)32-20-13-11-17(12-14-20)25(31)33-26(2,3)4/h5,7-8,11-15,22H,6,9-10H2,1-4H3,(H,29,30). The number of esters is 1. The van der Waals surface area contributed by atoms with E-state index >= 15 is 0 Å². The van der Waals surface area contributed by atoms with Gasteiger partial charge in [0.15, 0.2) is 0 Å². The van der Waals surface area contributed by atoms with Gasteiger partial charge in [-0.25, -0.2) is 14.3 Å². The van der Waals surface area contributed by atoms with E-state index < -0.39 is 11.6 Å². The Bertz CT molecular complexity index is 1190. The summed E-state index contributed by atoms with van der Waals surface area (Å²) in [4.78, 5) is 23.7. The maximum atomic E-state index is 12.3. The molecule has 172 valence electrons. The van der Waals surface area contributed by atoms with Crippen LogP contribution >= 0.6 is 0 Å². The van der Waals surface area contributed by atoms with Crippen molar-refractivity contribution >= 4 is 11.9 Å². The lowest BCUT2D eigenvalue weighted by molar-refractivity contribution is 0.00692. The van der Waals surface area contributed by atoms with Gasteiger partial charge in [0.1, 0.15) is 17.5 Å². The number of aromatic nitrogens is 2. The Morgan fingerprint density at radius 1 is 1.09 bits per heavy atom. The molecule has 0 fully saturated rings. The van der Waals surface area contributed by atoms with Gasteiger partial charge >= 0.3 is 11.9 Å². The predicted molar refractivity (Wildman–Crippen MR) is 123 cm³/mol. The normalized spacial score (nSPS) is 15.6. The van der Waals surface area contributed by atoms with E-state index in [9.17, 15) is 14.7 Å². The summed E-state index contributed by atoms with van der Waals surface area (Å²) >= 11 is 0. The number of ether oxygens (including phenoxy) is 2. The zero-order chi connectivity index (χ0) is 23.8. The van der Waals surface area contributed by atoms with Gasteiger partial charge in [0.25, 0.3) is 0 Å². The fraction of sp³-hybridized carbons (Fsp3) is 0.346. The molecular weight excluding hydrogens is 420 g/mol. The van der Waals surface area contributed by atoms with Gasteiger partial charge in [0.2, 0.25) is 0 Å². The van der Waals surface area contributed by atoms with Gasteiger partial charge in [-0.2, -0.15) is 5.10 Å². The summed E-state index contributed by atoms with van der Waals surface area (Å²) in [6, 6.07) is 13.7. The molecule has 4 rings (SSSR count). The van der Waals surface area contributed by atoms with Crippen molar-refractivity contribution < 1.29 is 24.2 Å². The second-order valence-electron chi connectivity index (χ2n) is 9.24. The van der Waals surface area contributed by atoms with Crippen LogP contribution in [0.5, 0.6) is 5.75 Å². The maximum absolute atomic E-state index is 12.3. The SMILES string of the molecule is Cc1nn(-c2cccc(C(=O)O)c2)c2c1CCCC2Oc1ccc(C(=O)OC(C)(C)C)cc1. The van der Waals surface area contributed by atoms with Crippen LogP contribution in [-0.2, 0) is 11.2 Å². The van der Waals surface area contributed by atoms with Crippen LogP contribution in [0.3, 0.4) is 0 Å². The summed E-state index contributed by atoms with van der Waals surface area (Å²) in [5.74, 6) is -0.710. The molecular formula is C26H28N2O5. The van der Waals surface area contributed by atoms with Crippen molar-refractivity contribution in [2.75, 3.05) is 0 Å². The zero-order valence-electron chi connectivity index (χ0n) is 19.3. The highest BCUT2D eigenvalue weighted by molar-refractivity contribution is 5.89. The van der Waals surface area contributed by atoms with Gasteiger partial charge < -0.3 is 14.6 Å². The van der Waals surface area contributed by atoms with Crippen LogP contribution in [0.2, 0.25) is 0 Å². The van der Waals surface area contributed by atoms with Crippen LogP contribution in [-0.4, -0.2) is 32.4 Å². The zero-order valence-corrected chi connectivity index (χ0v) is 19.3. The molecule has 3 aromatic rings. The molecule has 1 atom stereocenters. The van der Waals surface area contributed by atoms with Crippen molar-refractivity contribution in [1.82, 2.24) is 9.78 Å². The average Bonchev–Trinajstić information content (AvgIpc) is 3.11. The van der Waals surface area contributed by atoms with Gasteiger partial charge in [0, 0.05) is 5.56 Å². The van der Waals surface area contributed by atoms with E-state index in [1.54, 1.807) is 47.1 Å². The van der Waals surface area contributed by atoms with Crippen molar-refractivity contribution in [2.45, 2.75) is 58.7 Å². The number of carbonyl (C=O) groups is 2. The third-order valence-corrected chi connectivity index (χ3v) is 5.53. The summed E-state index contributed by atoms with van der Waals surface area (Å²) in [6.45, 7) is 7.47. The monoisotopic (exact) mass is 448 g/mol. The van der Waals surface area contributed by atoms with Crippen LogP contribution in [0.4, 0.5) is 0 Å². The number of hydrogen-bond donors (Lipinski definition) is 1. The Labute approximate surface area is 193 Å². The summed E-state index contributed by atoms with van der Waals surface area (Å²) in [5.41, 5.74) is 3.80. The largest absolute Gasteiger partial charge is 0.484 e. The number of benzene rings is 2. The smallest absolute Gasteiger partial charge is 0.338 e. The molecule has 1 heterocycles. The second kappa shape index (κ2) is 8.73. The lowest BCUT2D eigenvalue weighted by Crippen LogP contribution is -2.23. The van der Waals surface area contributed by atoms with Gasteiger partial charge in [-0.3, -0.25) is 0 Å². The van der Waals surface area contributed by atoms with Crippen molar-refractivity contribution in [2.24, 2.45) is 0 Å². The third kappa shape index (κ3) is 4.92. The first-order chi connectivity index (χ1) is 15.6. The van der Waals surface area contributed by atoms with E-state index in [-0.39, 0.29) is 17.6 Å². The van der Waals surface area contributed by atoms with Gasteiger partial charge in [0.05, 0.1) is 28.2 Å². The Morgan fingerprint density at radius 2 is 1.82 bits per heavy atom. The molecule has 0 saturated carbocycles. The molecule has 0 spiro atoms. The molecule has 2 aromatic carbocycles. The van der Waals surface area contributed by atoms with E-state index in [0.717, 1.165) is 36.2 Å². The molecule has 1 N–H and O–H groups in total. The number of aromatic carboxylic acids is 1. The summed E-state index contributed by atoms with van der Waals surface area (Å²) in [6.07, 6.45) is 2.44. The highest BCUT2D eigenvalue weighted by Gasteiger charge is 2.30. The molecule has 1 aromatic heterocycles. The summed E-state index contributed by atoms with van der Waals surface area (Å²) < 4.78 is 13.6. The molecule has 0 radical (unpaired) electrons. The molecule has 1 aliphatic carbocycles. The molecule has 0 saturated heterocycles. The summed E-state index contributed by atoms with van der Waals surface area (Å²) in [7, 11) is 0. The van der Waals surface area contributed by atoms with Crippen LogP contribution < -0.4 is 4.74 Å². The molecule has 0 bridgehead atoms. The fourth-order valence-electron chi connectivity index (χ4n) is 4.07. The number of carbonyl (C=O) groups excluding carboxylic acids is 1. The van der Waals surface area contributed by atoms with E-state index in [0.29, 0.717) is 17.0 Å². The Kier molecular flexibility index (Phi) is 5.97. The Balaban J connectivity index is 1.62. The minimum Gasteiger partial charge on any atom is -0.484 e. The third-order valence-electron chi connectivity index (χ3n) is 5.53. The number of fused-ring (bicyclic) bond motifs is 1. The number of hydrogen-bond acceptors (Lipinski definition) is 5. The minimum atomic E-state index is -0.979. The first-order valence-electron chi connectivity index (χ1n) is 11.0. The van der Waals surface area contributed by atoms with Crippen molar-refractivity contribution in [3.8, 4) is 11.4 Å². The van der Waals surface area contributed by atoms with Crippen LogP contribution in [0.15, 0.2) is 48.5 Å². The average molecular weight is 449 g/mol. The first kappa shape index (κ1) is 22.6. The van der Waals surface area contributed by atoms with Crippen LogP contribution in [0, 0.1) is 6.92 Å². The first-order valence-corrected chi connectivity index (χ1v) is 11.0. The Hall–Kier alpha value is -3.61.